The number of aryl methyl sites for hydroxylation is 1. The Kier molecular flexibility index (Phi) is 4.23. The summed E-state index contributed by atoms with van der Waals surface area (Å²) >= 11 is 0. The van der Waals surface area contributed by atoms with Crippen LogP contribution in [0.4, 0.5) is 0 Å². The lowest BCUT2D eigenvalue weighted by Gasteiger charge is -2.25. The molecule has 2 nitrogen and oxygen atoms in total. The van der Waals surface area contributed by atoms with Crippen molar-refractivity contribution in [2.75, 3.05) is 6.61 Å². The van der Waals surface area contributed by atoms with E-state index in [1.54, 1.807) is 0 Å². The highest BCUT2D eigenvalue weighted by Crippen LogP contribution is 2.22. The van der Waals surface area contributed by atoms with Gasteiger partial charge in [0.1, 0.15) is 5.75 Å². The van der Waals surface area contributed by atoms with Crippen LogP contribution < -0.4 is 10.5 Å². The summed E-state index contributed by atoms with van der Waals surface area (Å²) in [7, 11) is 0. The van der Waals surface area contributed by atoms with Gasteiger partial charge < -0.3 is 10.5 Å². The molecule has 0 radical (unpaired) electrons. The SMILES string of the molecule is Cc1ccc(C(C)(N)CCOc2ccccc2)cc1. The Hall–Kier alpha value is -1.80. The van der Waals surface area contributed by atoms with Crippen molar-refractivity contribution in [3.63, 3.8) is 0 Å². The molecule has 0 aliphatic rings. The monoisotopic (exact) mass is 255 g/mol. The van der Waals surface area contributed by atoms with Crippen molar-refractivity contribution in [1.29, 1.82) is 0 Å². The van der Waals surface area contributed by atoms with Crippen molar-refractivity contribution in [2.24, 2.45) is 5.73 Å². The van der Waals surface area contributed by atoms with Gasteiger partial charge in [0.15, 0.2) is 0 Å². The third-order valence-electron chi connectivity index (χ3n) is 3.34. The van der Waals surface area contributed by atoms with Crippen LogP contribution in [0.2, 0.25) is 0 Å². The van der Waals surface area contributed by atoms with Crippen molar-refractivity contribution in [3.05, 3.63) is 65.7 Å². The maximum atomic E-state index is 6.37. The molecule has 2 heteroatoms. The highest BCUT2D eigenvalue weighted by atomic mass is 16.5. The minimum atomic E-state index is -0.359. The van der Waals surface area contributed by atoms with Gasteiger partial charge in [-0.1, -0.05) is 48.0 Å². The fraction of sp³-hybridized carbons (Fsp3) is 0.294. The molecule has 0 heterocycles. The van der Waals surface area contributed by atoms with Crippen LogP contribution in [0.5, 0.6) is 5.75 Å². The zero-order chi connectivity index (χ0) is 13.7. The second-order valence-electron chi connectivity index (χ2n) is 5.20. The van der Waals surface area contributed by atoms with E-state index in [1.807, 2.05) is 37.3 Å². The third-order valence-corrected chi connectivity index (χ3v) is 3.34. The Bertz CT molecular complexity index is 503. The van der Waals surface area contributed by atoms with Crippen molar-refractivity contribution < 1.29 is 4.74 Å². The van der Waals surface area contributed by atoms with E-state index in [1.165, 1.54) is 5.56 Å². The van der Waals surface area contributed by atoms with Gasteiger partial charge in [0.2, 0.25) is 0 Å². The third kappa shape index (κ3) is 3.83. The average Bonchev–Trinajstić information content (AvgIpc) is 2.40. The summed E-state index contributed by atoms with van der Waals surface area (Å²) < 4.78 is 5.71. The predicted molar refractivity (Wildman–Crippen MR) is 79.3 cm³/mol. The fourth-order valence-electron chi connectivity index (χ4n) is 1.98. The summed E-state index contributed by atoms with van der Waals surface area (Å²) in [5, 5.41) is 0. The molecule has 0 saturated heterocycles. The van der Waals surface area contributed by atoms with Crippen LogP contribution in [0.1, 0.15) is 24.5 Å². The molecule has 1 unspecified atom stereocenters. The molecule has 19 heavy (non-hydrogen) atoms. The smallest absolute Gasteiger partial charge is 0.119 e. The molecule has 0 bridgehead atoms. The molecule has 0 saturated carbocycles. The molecule has 2 aromatic rings. The Morgan fingerprint density at radius 1 is 1.00 bits per heavy atom. The minimum Gasteiger partial charge on any atom is -0.494 e. The van der Waals surface area contributed by atoms with E-state index in [0.29, 0.717) is 6.61 Å². The summed E-state index contributed by atoms with van der Waals surface area (Å²) in [6.45, 7) is 4.74. The number of rotatable bonds is 5. The minimum absolute atomic E-state index is 0.359. The molecule has 0 fully saturated rings. The molecule has 2 aromatic carbocycles. The summed E-state index contributed by atoms with van der Waals surface area (Å²) in [4.78, 5) is 0. The van der Waals surface area contributed by atoms with Gasteiger partial charge in [-0.2, -0.15) is 0 Å². The molecule has 2 rings (SSSR count). The fourth-order valence-corrected chi connectivity index (χ4v) is 1.98. The zero-order valence-electron chi connectivity index (χ0n) is 11.6. The van der Waals surface area contributed by atoms with E-state index in [0.717, 1.165) is 17.7 Å². The van der Waals surface area contributed by atoms with Gasteiger partial charge in [-0.05, 0) is 31.5 Å². The van der Waals surface area contributed by atoms with Gasteiger partial charge in [0.05, 0.1) is 6.61 Å². The Morgan fingerprint density at radius 3 is 2.26 bits per heavy atom. The van der Waals surface area contributed by atoms with E-state index in [9.17, 15) is 0 Å². The molecule has 2 N–H and O–H groups in total. The van der Waals surface area contributed by atoms with Crippen LogP contribution in [0.25, 0.3) is 0 Å². The quantitative estimate of drug-likeness (QED) is 0.885. The molecule has 0 spiro atoms. The molecule has 0 aliphatic carbocycles. The Labute approximate surface area is 115 Å². The molecule has 0 aromatic heterocycles. The van der Waals surface area contributed by atoms with Gasteiger partial charge in [-0.3, -0.25) is 0 Å². The molecular formula is C17H21NO. The van der Waals surface area contributed by atoms with Crippen LogP contribution >= 0.6 is 0 Å². The number of ether oxygens (including phenoxy) is 1. The topological polar surface area (TPSA) is 35.2 Å². The largest absolute Gasteiger partial charge is 0.494 e. The standard InChI is InChI=1S/C17H21NO/c1-14-8-10-15(11-9-14)17(2,18)12-13-19-16-6-4-3-5-7-16/h3-11H,12-13,18H2,1-2H3. The summed E-state index contributed by atoms with van der Waals surface area (Å²) in [5.74, 6) is 0.891. The van der Waals surface area contributed by atoms with Crippen LogP contribution in [-0.4, -0.2) is 6.61 Å². The Balaban J connectivity index is 1.92. The van der Waals surface area contributed by atoms with Gasteiger partial charge in [0.25, 0.3) is 0 Å². The van der Waals surface area contributed by atoms with Crippen molar-refractivity contribution in [3.8, 4) is 5.75 Å². The number of hydrogen-bond acceptors (Lipinski definition) is 2. The van der Waals surface area contributed by atoms with Crippen LogP contribution in [0.3, 0.4) is 0 Å². The summed E-state index contributed by atoms with van der Waals surface area (Å²) in [5.41, 5.74) is 8.41. The zero-order valence-corrected chi connectivity index (χ0v) is 11.6. The number of benzene rings is 2. The first kappa shape index (κ1) is 13.6. The highest BCUT2D eigenvalue weighted by Gasteiger charge is 2.20. The first-order valence-corrected chi connectivity index (χ1v) is 6.62. The Morgan fingerprint density at radius 2 is 1.63 bits per heavy atom. The highest BCUT2D eigenvalue weighted by molar-refractivity contribution is 5.27. The van der Waals surface area contributed by atoms with E-state index in [4.69, 9.17) is 10.5 Å². The molecule has 1 atom stereocenters. The van der Waals surface area contributed by atoms with Gasteiger partial charge in [-0.15, -0.1) is 0 Å². The van der Waals surface area contributed by atoms with Crippen molar-refractivity contribution >= 4 is 0 Å². The van der Waals surface area contributed by atoms with Crippen LogP contribution in [-0.2, 0) is 5.54 Å². The maximum absolute atomic E-state index is 6.37. The lowest BCUT2D eigenvalue weighted by Crippen LogP contribution is -2.34. The van der Waals surface area contributed by atoms with Gasteiger partial charge in [0, 0.05) is 12.0 Å². The predicted octanol–water partition coefficient (Wildman–Crippen LogP) is 3.64. The van der Waals surface area contributed by atoms with Crippen LogP contribution in [0, 0.1) is 6.92 Å². The maximum Gasteiger partial charge on any atom is 0.119 e. The van der Waals surface area contributed by atoms with E-state index in [-0.39, 0.29) is 5.54 Å². The second kappa shape index (κ2) is 5.89. The van der Waals surface area contributed by atoms with E-state index < -0.39 is 0 Å². The first-order valence-electron chi connectivity index (χ1n) is 6.62. The van der Waals surface area contributed by atoms with E-state index >= 15 is 0 Å². The number of para-hydroxylation sites is 1. The van der Waals surface area contributed by atoms with Gasteiger partial charge >= 0.3 is 0 Å². The average molecular weight is 255 g/mol. The summed E-state index contributed by atoms with van der Waals surface area (Å²) in [6, 6.07) is 18.2. The van der Waals surface area contributed by atoms with Crippen molar-refractivity contribution in [1.82, 2.24) is 0 Å². The van der Waals surface area contributed by atoms with E-state index in [2.05, 4.69) is 31.2 Å². The molecular weight excluding hydrogens is 234 g/mol. The lowest BCUT2D eigenvalue weighted by atomic mass is 9.90. The first-order chi connectivity index (χ1) is 9.08. The second-order valence-corrected chi connectivity index (χ2v) is 5.20. The number of hydrogen-bond donors (Lipinski definition) is 1. The summed E-state index contributed by atoms with van der Waals surface area (Å²) in [6.07, 6.45) is 0.783. The molecule has 100 valence electrons. The number of nitrogens with two attached hydrogens (primary N) is 1. The van der Waals surface area contributed by atoms with Crippen molar-refractivity contribution in [2.45, 2.75) is 25.8 Å². The molecule has 0 aliphatic heterocycles. The van der Waals surface area contributed by atoms with Gasteiger partial charge in [-0.25, -0.2) is 0 Å². The molecule has 0 amide bonds. The van der Waals surface area contributed by atoms with Crippen LogP contribution in [0.15, 0.2) is 54.6 Å². The normalized spacial score (nSPS) is 13.8. The lowest BCUT2D eigenvalue weighted by molar-refractivity contribution is 0.267.